The lowest BCUT2D eigenvalue weighted by Crippen LogP contribution is -2.19. The Morgan fingerprint density at radius 2 is 2.08 bits per heavy atom. The fourth-order valence-electron chi connectivity index (χ4n) is 1.41. The molecule has 0 fully saturated rings. The summed E-state index contributed by atoms with van der Waals surface area (Å²) in [6.07, 6.45) is 0.816. The molecule has 2 nitrogen and oxygen atoms in total. The summed E-state index contributed by atoms with van der Waals surface area (Å²) >= 11 is 0. The van der Waals surface area contributed by atoms with E-state index in [0.717, 1.165) is 17.7 Å². The Hall–Kier alpha value is -1.57. The molecule has 2 rings (SSSR count). The first-order chi connectivity index (χ1) is 5.77. The second-order valence-electron chi connectivity index (χ2n) is 2.90. The summed E-state index contributed by atoms with van der Waals surface area (Å²) in [6, 6.07) is 8.02. The fourth-order valence-corrected chi connectivity index (χ4v) is 1.41. The van der Waals surface area contributed by atoms with Gasteiger partial charge in [0, 0.05) is 17.7 Å². The summed E-state index contributed by atoms with van der Waals surface area (Å²) in [5.74, 6) is 0.585. The number of benzene rings is 1. The lowest BCUT2D eigenvalue weighted by Gasteiger charge is -2.14. The summed E-state index contributed by atoms with van der Waals surface area (Å²) in [6.45, 7) is 3.80. The quantitative estimate of drug-likeness (QED) is 0.610. The van der Waals surface area contributed by atoms with Gasteiger partial charge in [0.15, 0.2) is 0 Å². The smallest absolute Gasteiger partial charge is 0.131 e. The zero-order valence-electron chi connectivity index (χ0n) is 6.75. The van der Waals surface area contributed by atoms with Crippen molar-refractivity contribution in [3.05, 3.63) is 47.7 Å². The van der Waals surface area contributed by atoms with Gasteiger partial charge in [-0.05, 0) is 5.56 Å². The first-order valence-corrected chi connectivity index (χ1v) is 3.87. The molecular formula is C10H10N2. The largest absolute Gasteiger partial charge is 0.383 e. The van der Waals surface area contributed by atoms with Crippen molar-refractivity contribution < 1.29 is 0 Å². The van der Waals surface area contributed by atoms with E-state index in [1.54, 1.807) is 0 Å². The molecule has 2 heteroatoms. The second-order valence-corrected chi connectivity index (χ2v) is 2.90. The molecule has 1 aliphatic rings. The number of aliphatic imine (C=N–C) groups is 1. The maximum absolute atomic E-state index is 5.73. The first kappa shape index (κ1) is 7.10. The van der Waals surface area contributed by atoms with Crippen LogP contribution < -0.4 is 5.73 Å². The molecule has 2 N–H and O–H groups in total. The van der Waals surface area contributed by atoms with Crippen molar-refractivity contribution in [2.24, 2.45) is 10.7 Å². The van der Waals surface area contributed by atoms with Crippen LogP contribution in [0.15, 0.2) is 41.5 Å². The van der Waals surface area contributed by atoms with E-state index in [2.05, 4.69) is 17.6 Å². The normalized spacial score (nSPS) is 15.3. The van der Waals surface area contributed by atoms with Crippen molar-refractivity contribution in [2.45, 2.75) is 6.42 Å². The molecule has 0 unspecified atom stereocenters. The predicted molar refractivity (Wildman–Crippen MR) is 50.0 cm³/mol. The molecule has 0 aliphatic carbocycles. The highest BCUT2D eigenvalue weighted by atomic mass is 14.9. The molecule has 0 aromatic heterocycles. The molecule has 1 aromatic rings. The van der Waals surface area contributed by atoms with E-state index in [1.165, 1.54) is 5.56 Å². The topological polar surface area (TPSA) is 38.4 Å². The molecule has 1 heterocycles. The van der Waals surface area contributed by atoms with Gasteiger partial charge in [0.1, 0.15) is 5.84 Å². The number of allylic oxidation sites excluding steroid dienone is 1. The fraction of sp³-hybridized carbons (Fsp3) is 0.100. The second kappa shape index (κ2) is 2.48. The molecule has 0 amide bonds. The highest BCUT2D eigenvalue weighted by Gasteiger charge is 2.11. The Morgan fingerprint density at radius 3 is 2.92 bits per heavy atom. The van der Waals surface area contributed by atoms with Crippen LogP contribution in [0.2, 0.25) is 0 Å². The van der Waals surface area contributed by atoms with Crippen molar-refractivity contribution in [3.8, 4) is 0 Å². The van der Waals surface area contributed by atoms with Gasteiger partial charge in [0.2, 0.25) is 0 Å². The molecule has 1 aliphatic heterocycles. The summed E-state index contributed by atoms with van der Waals surface area (Å²) < 4.78 is 0. The molecular weight excluding hydrogens is 148 g/mol. The number of hydrogen-bond donors (Lipinski definition) is 1. The Labute approximate surface area is 71.4 Å². The molecule has 60 valence electrons. The maximum Gasteiger partial charge on any atom is 0.131 e. The number of nitrogens with zero attached hydrogens (tertiary/aromatic N) is 1. The summed E-state index contributed by atoms with van der Waals surface area (Å²) in [5.41, 5.74) is 8.83. The van der Waals surface area contributed by atoms with Gasteiger partial charge < -0.3 is 5.73 Å². The van der Waals surface area contributed by atoms with Crippen molar-refractivity contribution in [2.75, 3.05) is 0 Å². The number of fused-ring (bicyclic) bond motifs is 1. The van der Waals surface area contributed by atoms with Crippen LogP contribution in [0, 0.1) is 0 Å². The standard InChI is InChI=1S/C10H10N2/c1-7-6-8-4-2-3-5-9(8)10(11)12-7/h2-5H,1,6H2,(H2,11,12). The lowest BCUT2D eigenvalue weighted by atomic mass is 10.00. The van der Waals surface area contributed by atoms with Crippen LogP contribution in [0.25, 0.3) is 0 Å². The minimum Gasteiger partial charge on any atom is -0.383 e. The van der Waals surface area contributed by atoms with Gasteiger partial charge in [0.05, 0.1) is 0 Å². The van der Waals surface area contributed by atoms with E-state index < -0.39 is 0 Å². The molecule has 0 radical (unpaired) electrons. The third-order valence-electron chi connectivity index (χ3n) is 1.97. The summed E-state index contributed by atoms with van der Waals surface area (Å²) in [5, 5.41) is 0. The molecule has 0 saturated carbocycles. The zero-order chi connectivity index (χ0) is 8.55. The van der Waals surface area contributed by atoms with Crippen molar-refractivity contribution >= 4 is 5.84 Å². The van der Waals surface area contributed by atoms with Crippen molar-refractivity contribution in [1.29, 1.82) is 0 Å². The predicted octanol–water partition coefficient (Wildman–Crippen LogP) is 1.46. The molecule has 0 bridgehead atoms. The van der Waals surface area contributed by atoms with Crippen LogP contribution in [0.1, 0.15) is 11.1 Å². The lowest BCUT2D eigenvalue weighted by molar-refractivity contribution is 1.08. The maximum atomic E-state index is 5.73. The van der Waals surface area contributed by atoms with Gasteiger partial charge in [-0.2, -0.15) is 0 Å². The monoisotopic (exact) mass is 158 g/mol. The van der Waals surface area contributed by atoms with Gasteiger partial charge >= 0.3 is 0 Å². The van der Waals surface area contributed by atoms with Crippen LogP contribution in [0.4, 0.5) is 0 Å². The number of amidine groups is 1. The minimum absolute atomic E-state index is 0.585. The SMILES string of the molecule is C=C1Cc2ccccc2C(N)=N1. The Morgan fingerprint density at radius 1 is 1.33 bits per heavy atom. The van der Waals surface area contributed by atoms with E-state index in [1.807, 2.05) is 18.2 Å². The Kier molecular flexibility index (Phi) is 1.47. The highest BCUT2D eigenvalue weighted by molar-refractivity contribution is 6.00. The van der Waals surface area contributed by atoms with E-state index >= 15 is 0 Å². The van der Waals surface area contributed by atoms with Crippen LogP contribution in [-0.4, -0.2) is 5.84 Å². The van der Waals surface area contributed by atoms with E-state index in [4.69, 9.17) is 5.73 Å². The van der Waals surface area contributed by atoms with E-state index in [-0.39, 0.29) is 0 Å². The van der Waals surface area contributed by atoms with Crippen LogP contribution in [0.3, 0.4) is 0 Å². The average molecular weight is 158 g/mol. The molecule has 12 heavy (non-hydrogen) atoms. The number of rotatable bonds is 0. The van der Waals surface area contributed by atoms with Crippen LogP contribution in [0.5, 0.6) is 0 Å². The summed E-state index contributed by atoms with van der Waals surface area (Å²) in [7, 11) is 0. The molecule has 0 saturated heterocycles. The van der Waals surface area contributed by atoms with Gasteiger partial charge in [0.25, 0.3) is 0 Å². The summed E-state index contributed by atoms with van der Waals surface area (Å²) in [4.78, 5) is 4.12. The van der Waals surface area contributed by atoms with E-state index in [9.17, 15) is 0 Å². The van der Waals surface area contributed by atoms with Gasteiger partial charge in [-0.1, -0.05) is 30.8 Å². The zero-order valence-corrected chi connectivity index (χ0v) is 6.75. The van der Waals surface area contributed by atoms with Gasteiger partial charge in [-0.25, -0.2) is 4.99 Å². The van der Waals surface area contributed by atoms with Crippen molar-refractivity contribution in [3.63, 3.8) is 0 Å². The third kappa shape index (κ3) is 1.01. The highest BCUT2D eigenvalue weighted by Crippen LogP contribution is 2.18. The molecule has 1 aromatic carbocycles. The minimum atomic E-state index is 0.585. The molecule has 0 spiro atoms. The Balaban J connectivity index is 2.60. The average Bonchev–Trinajstić information content (AvgIpc) is 2.04. The van der Waals surface area contributed by atoms with Gasteiger partial charge in [-0.15, -0.1) is 0 Å². The number of hydrogen-bond acceptors (Lipinski definition) is 2. The van der Waals surface area contributed by atoms with Crippen molar-refractivity contribution in [1.82, 2.24) is 0 Å². The Bertz CT molecular complexity index is 364. The first-order valence-electron chi connectivity index (χ1n) is 3.87. The number of nitrogens with two attached hydrogens (primary N) is 1. The van der Waals surface area contributed by atoms with E-state index in [0.29, 0.717) is 5.84 Å². The third-order valence-corrected chi connectivity index (χ3v) is 1.97. The molecule has 0 atom stereocenters. The van der Waals surface area contributed by atoms with Crippen LogP contribution in [-0.2, 0) is 6.42 Å². The van der Waals surface area contributed by atoms with Gasteiger partial charge in [-0.3, -0.25) is 0 Å². The van der Waals surface area contributed by atoms with Crippen LogP contribution >= 0.6 is 0 Å².